The maximum atomic E-state index is 13.2. The maximum absolute atomic E-state index is 13.2. The summed E-state index contributed by atoms with van der Waals surface area (Å²) >= 11 is 0. The molecular formula is C26H38F3N3O. The van der Waals surface area contributed by atoms with Crippen LogP contribution in [0.1, 0.15) is 82.3 Å². The summed E-state index contributed by atoms with van der Waals surface area (Å²) in [4.78, 5) is 8.51. The number of nitrogens with one attached hydrogen (secondary N) is 1. The lowest BCUT2D eigenvalue weighted by Gasteiger charge is -2.33. The van der Waals surface area contributed by atoms with Crippen molar-refractivity contribution in [3.05, 3.63) is 59.2 Å². The van der Waals surface area contributed by atoms with Gasteiger partial charge in [0, 0.05) is 42.3 Å². The van der Waals surface area contributed by atoms with Crippen molar-refractivity contribution in [2.45, 2.75) is 90.5 Å². The Morgan fingerprint density at radius 1 is 1.03 bits per heavy atom. The molecule has 33 heavy (non-hydrogen) atoms. The third-order valence-corrected chi connectivity index (χ3v) is 6.55. The summed E-state index contributed by atoms with van der Waals surface area (Å²) in [5.41, 5.74) is 0.513. The first-order chi connectivity index (χ1) is 15.5. The molecule has 0 bridgehead atoms. The molecule has 2 aromatic heterocycles. The molecule has 184 valence electrons. The molecule has 2 atom stereocenters. The van der Waals surface area contributed by atoms with Crippen molar-refractivity contribution in [3.8, 4) is 0 Å². The monoisotopic (exact) mass is 465 g/mol. The van der Waals surface area contributed by atoms with Crippen LogP contribution in [-0.4, -0.2) is 28.7 Å². The normalized spacial score (nSPS) is 15.8. The van der Waals surface area contributed by atoms with E-state index in [0.29, 0.717) is 25.3 Å². The fraction of sp³-hybridized carbons (Fsp3) is 0.615. The molecule has 4 nitrogen and oxygen atoms in total. The number of hydrogen-bond donors (Lipinski definition) is 1. The maximum Gasteiger partial charge on any atom is 0.418 e. The lowest BCUT2D eigenvalue weighted by molar-refractivity contribution is -0.138. The molecule has 2 rings (SSSR count). The van der Waals surface area contributed by atoms with Gasteiger partial charge in [0.1, 0.15) is 0 Å². The highest BCUT2D eigenvalue weighted by Gasteiger charge is 2.33. The van der Waals surface area contributed by atoms with Gasteiger partial charge in [-0.1, -0.05) is 33.3 Å². The number of aromatic nitrogens is 2. The van der Waals surface area contributed by atoms with Crippen LogP contribution in [0.25, 0.3) is 0 Å². The van der Waals surface area contributed by atoms with Gasteiger partial charge < -0.3 is 10.1 Å². The number of ether oxygens (including phenoxy) is 1. The molecule has 2 heterocycles. The summed E-state index contributed by atoms with van der Waals surface area (Å²) in [6, 6.07) is 7.10. The zero-order valence-electron chi connectivity index (χ0n) is 20.6. The molecule has 1 N–H and O–H groups in total. The average molecular weight is 466 g/mol. The number of halogens is 3. The van der Waals surface area contributed by atoms with Crippen molar-refractivity contribution < 1.29 is 17.9 Å². The van der Waals surface area contributed by atoms with Crippen molar-refractivity contribution in [2.75, 3.05) is 13.2 Å². The van der Waals surface area contributed by atoms with Crippen LogP contribution in [0, 0.1) is 6.92 Å². The minimum absolute atomic E-state index is 0.00358. The Balaban J connectivity index is 2.00. The predicted octanol–water partition coefficient (Wildman–Crippen LogP) is 6.62. The largest absolute Gasteiger partial charge is 0.418 e. The summed E-state index contributed by atoms with van der Waals surface area (Å²) in [7, 11) is 0. The summed E-state index contributed by atoms with van der Waals surface area (Å²) < 4.78 is 45.8. The summed E-state index contributed by atoms with van der Waals surface area (Å²) in [5, 5.41) is 3.29. The fourth-order valence-electron chi connectivity index (χ4n) is 4.06. The molecule has 7 heteroatoms. The second-order valence-electron chi connectivity index (χ2n) is 9.33. The molecule has 0 fully saturated rings. The summed E-state index contributed by atoms with van der Waals surface area (Å²) in [6.07, 6.45) is 3.58. The summed E-state index contributed by atoms with van der Waals surface area (Å²) in [6.45, 7) is 11.7. The highest BCUT2D eigenvalue weighted by molar-refractivity contribution is 5.27. The van der Waals surface area contributed by atoms with Crippen LogP contribution < -0.4 is 5.32 Å². The molecule has 0 aromatic carbocycles. The topological polar surface area (TPSA) is 47.0 Å². The third kappa shape index (κ3) is 8.07. The molecule has 0 spiro atoms. The minimum Gasteiger partial charge on any atom is -0.375 e. The standard InChI is InChI=1S/C26H38F3N3O/c1-6-11-25(5,7-2)33-16-13-24(4,23-10-8-9-14-31-23)12-15-30-18-21-17-22(26(27,28)29)20(3)32-19-21/h8-10,14,17,19,30H,6-7,11-13,15-16,18H2,1-5H3. The summed E-state index contributed by atoms with van der Waals surface area (Å²) in [5.74, 6) is 0. The number of pyridine rings is 2. The number of rotatable bonds is 13. The molecular weight excluding hydrogens is 427 g/mol. The van der Waals surface area contributed by atoms with Gasteiger partial charge in [0.05, 0.1) is 11.2 Å². The first-order valence-electron chi connectivity index (χ1n) is 11.8. The van der Waals surface area contributed by atoms with Crippen LogP contribution in [0.5, 0.6) is 0 Å². The van der Waals surface area contributed by atoms with Crippen LogP contribution in [0.2, 0.25) is 0 Å². The molecule has 0 aliphatic rings. The lowest BCUT2D eigenvalue weighted by atomic mass is 9.79. The van der Waals surface area contributed by atoms with Gasteiger partial charge in [-0.3, -0.25) is 9.97 Å². The molecule has 0 aliphatic carbocycles. The Kier molecular flexibility index (Phi) is 9.85. The Morgan fingerprint density at radius 2 is 1.79 bits per heavy atom. The SMILES string of the molecule is CCCC(C)(CC)OCCC(C)(CCNCc1cnc(C)c(C(F)(F)F)c1)c1ccccn1. The van der Waals surface area contributed by atoms with E-state index in [1.807, 2.05) is 18.2 Å². The first kappa shape index (κ1) is 27.3. The number of nitrogens with zero attached hydrogens (tertiary/aromatic N) is 2. The van der Waals surface area contributed by atoms with Gasteiger partial charge in [0.15, 0.2) is 0 Å². The molecule has 0 saturated heterocycles. The smallest absolute Gasteiger partial charge is 0.375 e. The third-order valence-electron chi connectivity index (χ3n) is 6.55. The van der Waals surface area contributed by atoms with Gasteiger partial charge in [0.2, 0.25) is 0 Å². The predicted molar refractivity (Wildman–Crippen MR) is 126 cm³/mol. The molecule has 2 aromatic rings. The number of alkyl halides is 3. The van der Waals surface area contributed by atoms with Crippen LogP contribution in [0.4, 0.5) is 13.2 Å². The van der Waals surface area contributed by atoms with E-state index in [1.54, 1.807) is 6.20 Å². The minimum atomic E-state index is -4.39. The van der Waals surface area contributed by atoms with Crippen LogP contribution >= 0.6 is 0 Å². The quantitative estimate of drug-likeness (QED) is 0.338. The zero-order chi connectivity index (χ0) is 24.5. The second-order valence-corrected chi connectivity index (χ2v) is 9.33. The van der Waals surface area contributed by atoms with E-state index in [4.69, 9.17) is 4.74 Å². The van der Waals surface area contributed by atoms with Crippen LogP contribution in [-0.2, 0) is 22.9 Å². The van der Waals surface area contributed by atoms with Crippen molar-refractivity contribution in [1.82, 2.24) is 15.3 Å². The van der Waals surface area contributed by atoms with Gasteiger partial charge >= 0.3 is 6.18 Å². The molecule has 0 radical (unpaired) electrons. The van der Waals surface area contributed by atoms with Gasteiger partial charge in [0.25, 0.3) is 0 Å². The van der Waals surface area contributed by atoms with Crippen molar-refractivity contribution in [3.63, 3.8) is 0 Å². The lowest BCUT2D eigenvalue weighted by Crippen LogP contribution is -2.33. The van der Waals surface area contributed by atoms with E-state index < -0.39 is 11.7 Å². The zero-order valence-corrected chi connectivity index (χ0v) is 20.6. The molecule has 0 saturated carbocycles. The highest BCUT2D eigenvalue weighted by atomic mass is 19.4. The van der Waals surface area contributed by atoms with E-state index in [1.165, 1.54) is 19.2 Å². The Hall–Kier alpha value is -1.99. The van der Waals surface area contributed by atoms with Crippen LogP contribution in [0.3, 0.4) is 0 Å². The van der Waals surface area contributed by atoms with E-state index in [-0.39, 0.29) is 16.7 Å². The average Bonchev–Trinajstić information content (AvgIpc) is 2.78. The molecule has 2 unspecified atom stereocenters. The fourth-order valence-corrected chi connectivity index (χ4v) is 4.06. The Labute approximate surface area is 196 Å². The highest BCUT2D eigenvalue weighted by Crippen LogP contribution is 2.32. The second kappa shape index (κ2) is 11.9. The van der Waals surface area contributed by atoms with Gasteiger partial charge in [-0.2, -0.15) is 13.2 Å². The van der Waals surface area contributed by atoms with Crippen molar-refractivity contribution in [1.29, 1.82) is 0 Å². The Bertz CT molecular complexity index is 860. The van der Waals surface area contributed by atoms with E-state index in [2.05, 4.69) is 43.0 Å². The van der Waals surface area contributed by atoms with Crippen LogP contribution in [0.15, 0.2) is 36.7 Å². The number of hydrogen-bond acceptors (Lipinski definition) is 4. The van der Waals surface area contributed by atoms with Gasteiger partial charge in [-0.05, 0) is 69.8 Å². The number of aryl methyl sites for hydroxylation is 1. The molecule has 0 amide bonds. The first-order valence-corrected chi connectivity index (χ1v) is 11.8. The van der Waals surface area contributed by atoms with Gasteiger partial charge in [-0.25, -0.2) is 0 Å². The Morgan fingerprint density at radius 3 is 2.39 bits per heavy atom. The molecule has 0 aliphatic heterocycles. The van der Waals surface area contributed by atoms with E-state index >= 15 is 0 Å². The van der Waals surface area contributed by atoms with Crippen molar-refractivity contribution in [2.24, 2.45) is 0 Å². The van der Waals surface area contributed by atoms with Crippen molar-refractivity contribution >= 4 is 0 Å². The van der Waals surface area contributed by atoms with E-state index in [9.17, 15) is 13.2 Å². The van der Waals surface area contributed by atoms with E-state index in [0.717, 1.165) is 37.8 Å². The van der Waals surface area contributed by atoms with Gasteiger partial charge in [-0.15, -0.1) is 0 Å².